The second-order valence-corrected chi connectivity index (χ2v) is 8.25. The number of hydrogen-bond donors (Lipinski definition) is 0. The molecule has 0 spiro atoms. The lowest BCUT2D eigenvalue weighted by Crippen LogP contribution is -2.50. The SMILES string of the molecule is CCOc1ccc(C(=O)N2CCN(S(=O)(=O)c3ccccc3)CC2)cc1OC. The first-order valence-corrected chi connectivity index (χ1v) is 10.6. The summed E-state index contributed by atoms with van der Waals surface area (Å²) in [6.07, 6.45) is 0. The van der Waals surface area contributed by atoms with E-state index in [1.165, 1.54) is 11.4 Å². The van der Waals surface area contributed by atoms with Crippen molar-refractivity contribution in [2.24, 2.45) is 0 Å². The molecule has 28 heavy (non-hydrogen) atoms. The minimum atomic E-state index is -3.54. The number of ether oxygens (including phenoxy) is 2. The van der Waals surface area contributed by atoms with Crippen LogP contribution in [-0.4, -0.2) is 63.4 Å². The number of hydrogen-bond acceptors (Lipinski definition) is 5. The highest BCUT2D eigenvalue weighted by atomic mass is 32.2. The minimum absolute atomic E-state index is 0.155. The molecule has 0 bridgehead atoms. The minimum Gasteiger partial charge on any atom is -0.493 e. The number of benzene rings is 2. The van der Waals surface area contributed by atoms with Gasteiger partial charge in [-0.1, -0.05) is 18.2 Å². The monoisotopic (exact) mass is 404 g/mol. The van der Waals surface area contributed by atoms with Crippen molar-refractivity contribution in [3.05, 3.63) is 54.1 Å². The predicted octanol–water partition coefficient (Wildman–Crippen LogP) is 2.24. The first-order chi connectivity index (χ1) is 13.5. The highest BCUT2D eigenvalue weighted by molar-refractivity contribution is 7.89. The molecule has 2 aromatic rings. The van der Waals surface area contributed by atoms with E-state index in [-0.39, 0.29) is 23.9 Å². The van der Waals surface area contributed by atoms with Crippen LogP contribution in [0, 0.1) is 0 Å². The Labute approximate surface area is 165 Å². The van der Waals surface area contributed by atoms with Crippen molar-refractivity contribution >= 4 is 15.9 Å². The maximum Gasteiger partial charge on any atom is 0.254 e. The van der Waals surface area contributed by atoms with E-state index in [1.807, 2.05) is 6.92 Å². The Morgan fingerprint density at radius 2 is 1.68 bits per heavy atom. The molecule has 1 saturated heterocycles. The maximum absolute atomic E-state index is 12.8. The van der Waals surface area contributed by atoms with Gasteiger partial charge in [0.25, 0.3) is 5.91 Å². The molecule has 1 aliphatic heterocycles. The van der Waals surface area contributed by atoms with Crippen LogP contribution in [0.25, 0.3) is 0 Å². The molecule has 1 fully saturated rings. The quantitative estimate of drug-likeness (QED) is 0.738. The third-order valence-corrected chi connectivity index (χ3v) is 6.53. The van der Waals surface area contributed by atoms with E-state index in [2.05, 4.69) is 0 Å². The van der Waals surface area contributed by atoms with Crippen molar-refractivity contribution in [1.29, 1.82) is 0 Å². The van der Waals surface area contributed by atoms with Crippen molar-refractivity contribution in [3.8, 4) is 11.5 Å². The Bertz CT molecular complexity index is 923. The number of piperazine rings is 1. The molecule has 7 nitrogen and oxygen atoms in total. The van der Waals surface area contributed by atoms with E-state index in [9.17, 15) is 13.2 Å². The molecule has 0 unspecified atom stereocenters. The van der Waals surface area contributed by atoms with E-state index in [1.54, 1.807) is 53.4 Å². The summed E-state index contributed by atoms with van der Waals surface area (Å²) in [5, 5.41) is 0. The van der Waals surface area contributed by atoms with Crippen molar-refractivity contribution < 1.29 is 22.7 Å². The van der Waals surface area contributed by atoms with Gasteiger partial charge in [-0.25, -0.2) is 8.42 Å². The number of sulfonamides is 1. The van der Waals surface area contributed by atoms with E-state index < -0.39 is 10.0 Å². The molecule has 150 valence electrons. The van der Waals surface area contributed by atoms with Crippen LogP contribution in [0.15, 0.2) is 53.4 Å². The standard InChI is InChI=1S/C20H24N2O5S/c1-3-27-18-10-9-16(15-19(18)26-2)20(23)21-11-13-22(14-12-21)28(24,25)17-7-5-4-6-8-17/h4-10,15H,3,11-14H2,1-2H3. The van der Waals surface area contributed by atoms with Gasteiger partial charge in [0.2, 0.25) is 10.0 Å². The number of nitrogens with zero attached hydrogens (tertiary/aromatic N) is 2. The summed E-state index contributed by atoms with van der Waals surface area (Å²) in [5.41, 5.74) is 0.486. The van der Waals surface area contributed by atoms with Gasteiger partial charge in [0.05, 0.1) is 18.6 Å². The van der Waals surface area contributed by atoms with Crippen LogP contribution >= 0.6 is 0 Å². The Morgan fingerprint density at radius 3 is 2.29 bits per heavy atom. The highest BCUT2D eigenvalue weighted by Gasteiger charge is 2.30. The molecule has 1 aliphatic rings. The van der Waals surface area contributed by atoms with E-state index in [0.717, 1.165) is 0 Å². The third-order valence-electron chi connectivity index (χ3n) is 4.62. The second-order valence-electron chi connectivity index (χ2n) is 6.31. The van der Waals surface area contributed by atoms with Gasteiger partial charge in [0, 0.05) is 31.7 Å². The third kappa shape index (κ3) is 4.13. The van der Waals surface area contributed by atoms with Gasteiger partial charge in [0.1, 0.15) is 0 Å². The molecule has 8 heteroatoms. The number of carbonyl (C=O) groups is 1. The largest absolute Gasteiger partial charge is 0.493 e. The molecular weight excluding hydrogens is 380 g/mol. The Kier molecular flexibility index (Phi) is 6.21. The van der Waals surface area contributed by atoms with Crippen LogP contribution in [0.2, 0.25) is 0 Å². The molecule has 1 heterocycles. The normalized spacial score (nSPS) is 15.3. The lowest BCUT2D eigenvalue weighted by molar-refractivity contribution is 0.0697. The molecule has 0 aromatic heterocycles. The zero-order valence-electron chi connectivity index (χ0n) is 16.0. The fraction of sp³-hybridized carbons (Fsp3) is 0.350. The molecule has 1 amide bonds. The molecule has 0 N–H and O–H groups in total. The summed E-state index contributed by atoms with van der Waals surface area (Å²) < 4.78 is 37.6. The zero-order valence-corrected chi connectivity index (χ0v) is 16.8. The molecule has 3 rings (SSSR count). The Morgan fingerprint density at radius 1 is 1.00 bits per heavy atom. The summed E-state index contributed by atoms with van der Waals surface area (Å²) >= 11 is 0. The van der Waals surface area contributed by atoms with E-state index in [4.69, 9.17) is 9.47 Å². The first-order valence-electron chi connectivity index (χ1n) is 9.12. The molecule has 0 saturated carbocycles. The van der Waals surface area contributed by atoms with Crippen molar-refractivity contribution in [3.63, 3.8) is 0 Å². The van der Waals surface area contributed by atoms with Crippen LogP contribution in [0.3, 0.4) is 0 Å². The molecule has 0 radical (unpaired) electrons. The van der Waals surface area contributed by atoms with Gasteiger partial charge >= 0.3 is 0 Å². The molecular formula is C20H24N2O5S. The fourth-order valence-electron chi connectivity index (χ4n) is 3.13. The van der Waals surface area contributed by atoms with Crippen LogP contribution in [-0.2, 0) is 10.0 Å². The average molecular weight is 404 g/mol. The zero-order chi connectivity index (χ0) is 20.1. The smallest absolute Gasteiger partial charge is 0.254 e. The van der Waals surface area contributed by atoms with Crippen molar-refractivity contribution in [2.75, 3.05) is 39.9 Å². The molecule has 0 atom stereocenters. The number of rotatable bonds is 6. The van der Waals surface area contributed by atoms with Crippen LogP contribution in [0.1, 0.15) is 17.3 Å². The summed E-state index contributed by atoms with van der Waals surface area (Å²) in [4.78, 5) is 14.8. The van der Waals surface area contributed by atoms with Gasteiger partial charge in [-0.2, -0.15) is 4.31 Å². The van der Waals surface area contributed by atoms with Crippen molar-refractivity contribution in [1.82, 2.24) is 9.21 Å². The van der Waals surface area contributed by atoms with Gasteiger partial charge in [0.15, 0.2) is 11.5 Å². The van der Waals surface area contributed by atoms with Gasteiger partial charge in [-0.3, -0.25) is 4.79 Å². The molecule has 2 aromatic carbocycles. The van der Waals surface area contributed by atoms with Crippen LogP contribution < -0.4 is 9.47 Å². The predicted molar refractivity (Wildman–Crippen MR) is 105 cm³/mol. The summed E-state index contributed by atoms with van der Waals surface area (Å²) in [6.45, 7) is 3.57. The Balaban J connectivity index is 1.69. The average Bonchev–Trinajstić information content (AvgIpc) is 2.74. The molecule has 0 aliphatic carbocycles. The first kappa shape index (κ1) is 20.2. The number of carbonyl (C=O) groups excluding carboxylic acids is 1. The summed E-state index contributed by atoms with van der Waals surface area (Å²) in [7, 11) is -2.01. The maximum atomic E-state index is 12.8. The van der Waals surface area contributed by atoms with E-state index >= 15 is 0 Å². The lowest BCUT2D eigenvalue weighted by atomic mass is 10.1. The summed E-state index contributed by atoms with van der Waals surface area (Å²) in [5.74, 6) is 0.927. The summed E-state index contributed by atoms with van der Waals surface area (Å²) in [6, 6.07) is 13.4. The number of amides is 1. The highest BCUT2D eigenvalue weighted by Crippen LogP contribution is 2.29. The fourth-order valence-corrected chi connectivity index (χ4v) is 4.57. The Hall–Kier alpha value is -2.58. The van der Waals surface area contributed by atoms with E-state index in [0.29, 0.717) is 36.8 Å². The topological polar surface area (TPSA) is 76.2 Å². The lowest BCUT2D eigenvalue weighted by Gasteiger charge is -2.34. The number of methoxy groups -OCH3 is 1. The van der Waals surface area contributed by atoms with Crippen molar-refractivity contribution in [2.45, 2.75) is 11.8 Å². The van der Waals surface area contributed by atoms with Gasteiger partial charge in [-0.05, 0) is 37.3 Å². The van der Waals surface area contributed by atoms with Gasteiger partial charge < -0.3 is 14.4 Å². The van der Waals surface area contributed by atoms with Crippen LogP contribution in [0.5, 0.6) is 11.5 Å². The van der Waals surface area contributed by atoms with Crippen LogP contribution in [0.4, 0.5) is 0 Å². The second kappa shape index (κ2) is 8.62. The van der Waals surface area contributed by atoms with Gasteiger partial charge in [-0.15, -0.1) is 0 Å².